The van der Waals surface area contributed by atoms with Crippen LogP contribution < -0.4 is 5.73 Å². The fourth-order valence-corrected chi connectivity index (χ4v) is 2.32. The largest absolute Gasteiger partial charge is 0.367 e. The van der Waals surface area contributed by atoms with Gasteiger partial charge in [-0.3, -0.25) is 4.79 Å². The highest BCUT2D eigenvalue weighted by molar-refractivity contribution is 5.80. The van der Waals surface area contributed by atoms with Gasteiger partial charge in [0.2, 0.25) is 5.91 Å². The van der Waals surface area contributed by atoms with Crippen LogP contribution in [0.1, 0.15) is 31.9 Å². The molecule has 0 radical (unpaired) electrons. The molecule has 2 rings (SSSR count). The fourth-order valence-electron chi connectivity index (χ4n) is 2.32. The van der Waals surface area contributed by atoms with Crippen LogP contribution in [-0.2, 0) is 4.79 Å². The Morgan fingerprint density at radius 3 is 2.87 bits per heavy atom. The zero-order chi connectivity index (χ0) is 11.0. The monoisotopic (exact) mass is 207 g/mol. The van der Waals surface area contributed by atoms with Crippen molar-refractivity contribution in [2.45, 2.75) is 38.4 Å². The lowest BCUT2D eigenvalue weighted by Gasteiger charge is -2.29. The summed E-state index contributed by atoms with van der Waals surface area (Å²) in [5.41, 5.74) is 7.11. The maximum absolute atomic E-state index is 11.8. The Morgan fingerprint density at radius 2 is 2.33 bits per heavy atom. The molecule has 1 aliphatic heterocycles. The molecular weight excluding hydrogens is 190 g/mol. The number of amides is 1. The molecule has 0 saturated carbocycles. The number of nitrogens with two attached hydrogens (primary N) is 1. The number of H-pyrrole nitrogens is 1. The number of aromatic nitrogens is 1. The molecule has 2 heterocycles. The third-order valence-corrected chi connectivity index (χ3v) is 2.92. The molecule has 0 aromatic carbocycles. The first-order valence-electron chi connectivity index (χ1n) is 5.30. The van der Waals surface area contributed by atoms with E-state index in [4.69, 9.17) is 5.73 Å². The standard InChI is InChI=1S/C11H17N3O/c1-7(2)14-10(15)5-9(12)11(14)8-3-4-13-6-8/h3-4,6-7,9,11,13H,5,12H2,1-2H3/t9-,11+/m0/s1. The number of hydrogen-bond donors (Lipinski definition) is 2. The molecule has 1 aromatic heterocycles. The van der Waals surface area contributed by atoms with E-state index < -0.39 is 0 Å². The van der Waals surface area contributed by atoms with Crippen LogP contribution in [0.25, 0.3) is 0 Å². The zero-order valence-electron chi connectivity index (χ0n) is 9.10. The van der Waals surface area contributed by atoms with Crippen LogP contribution in [0, 0.1) is 0 Å². The molecule has 4 nitrogen and oxygen atoms in total. The Hall–Kier alpha value is -1.29. The van der Waals surface area contributed by atoms with E-state index in [9.17, 15) is 4.79 Å². The molecule has 1 aromatic rings. The Bertz CT molecular complexity index is 345. The molecule has 1 fully saturated rings. The summed E-state index contributed by atoms with van der Waals surface area (Å²) >= 11 is 0. The Kier molecular flexibility index (Phi) is 2.52. The minimum Gasteiger partial charge on any atom is -0.367 e. The second kappa shape index (κ2) is 3.70. The zero-order valence-corrected chi connectivity index (χ0v) is 9.10. The number of rotatable bonds is 2. The van der Waals surface area contributed by atoms with E-state index in [-0.39, 0.29) is 24.0 Å². The van der Waals surface area contributed by atoms with Crippen molar-refractivity contribution in [1.29, 1.82) is 0 Å². The third-order valence-electron chi connectivity index (χ3n) is 2.92. The second-order valence-electron chi connectivity index (χ2n) is 4.35. The van der Waals surface area contributed by atoms with Crippen LogP contribution in [0.5, 0.6) is 0 Å². The predicted molar refractivity (Wildman–Crippen MR) is 58.1 cm³/mol. The first-order valence-corrected chi connectivity index (χ1v) is 5.30. The van der Waals surface area contributed by atoms with Gasteiger partial charge in [-0.1, -0.05) is 0 Å². The van der Waals surface area contributed by atoms with E-state index in [0.717, 1.165) is 5.56 Å². The second-order valence-corrected chi connectivity index (χ2v) is 4.35. The number of likely N-dealkylation sites (tertiary alicyclic amines) is 1. The predicted octanol–water partition coefficient (Wildman–Crippen LogP) is 1.02. The SMILES string of the molecule is CC(C)N1C(=O)C[C@H](N)[C@H]1c1cc[nH]c1. The van der Waals surface area contributed by atoms with Gasteiger partial charge >= 0.3 is 0 Å². The van der Waals surface area contributed by atoms with Crippen molar-refractivity contribution in [3.8, 4) is 0 Å². The van der Waals surface area contributed by atoms with Crippen molar-refractivity contribution in [2.75, 3.05) is 0 Å². The molecule has 15 heavy (non-hydrogen) atoms. The van der Waals surface area contributed by atoms with Crippen LogP contribution >= 0.6 is 0 Å². The van der Waals surface area contributed by atoms with Crippen LogP contribution in [0.2, 0.25) is 0 Å². The van der Waals surface area contributed by atoms with Crippen molar-refractivity contribution in [2.24, 2.45) is 5.73 Å². The van der Waals surface area contributed by atoms with Crippen LogP contribution in [0.3, 0.4) is 0 Å². The summed E-state index contributed by atoms with van der Waals surface area (Å²) in [5, 5.41) is 0. The van der Waals surface area contributed by atoms with Gasteiger partial charge in [0.25, 0.3) is 0 Å². The fraction of sp³-hybridized carbons (Fsp3) is 0.545. The highest BCUT2D eigenvalue weighted by Gasteiger charge is 2.39. The first kappa shape index (κ1) is 10.2. The van der Waals surface area contributed by atoms with E-state index in [2.05, 4.69) is 4.98 Å². The van der Waals surface area contributed by atoms with Gasteiger partial charge in [-0.15, -0.1) is 0 Å². The van der Waals surface area contributed by atoms with Gasteiger partial charge in [0.1, 0.15) is 0 Å². The summed E-state index contributed by atoms with van der Waals surface area (Å²) < 4.78 is 0. The van der Waals surface area contributed by atoms with Gasteiger partial charge in [-0.05, 0) is 25.5 Å². The molecule has 0 aliphatic carbocycles. The molecule has 1 amide bonds. The number of nitrogens with zero attached hydrogens (tertiary/aromatic N) is 1. The Balaban J connectivity index is 2.32. The van der Waals surface area contributed by atoms with Gasteiger partial charge in [0.15, 0.2) is 0 Å². The smallest absolute Gasteiger partial charge is 0.225 e. The van der Waals surface area contributed by atoms with Gasteiger partial charge in [-0.25, -0.2) is 0 Å². The van der Waals surface area contributed by atoms with Gasteiger partial charge in [-0.2, -0.15) is 0 Å². The molecule has 82 valence electrons. The van der Waals surface area contributed by atoms with Crippen molar-refractivity contribution < 1.29 is 4.79 Å². The van der Waals surface area contributed by atoms with E-state index in [1.165, 1.54) is 0 Å². The minimum atomic E-state index is -0.0873. The first-order chi connectivity index (χ1) is 7.11. The van der Waals surface area contributed by atoms with Crippen LogP contribution in [0.15, 0.2) is 18.5 Å². The molecule has 0 spiro atoms. The molecule has 0 bridgehead atoms. The summed E-state index contributed by atoms with van der Waals surface area (Å²) in [6.07, 6.45) is 4.23. The number of nitrogens with one attached hydrogen (secondary N) is 1. The van der Waals surface area contributed by atoms with E-state index >= 15 is 0 Å². The quantitative estimate of drug-likeness (QED) is 0.760. The molecule has 0 unspecified atom stereocenters. The number of hydrogen-bond acceptors (Lipinski definition) is 2. The highest BCUT2D eigenvalue weighted by atomic mass is 16.2. The number of carbonyl (C=O) groups excluding carboxylic acids is 1. The molecule has 3 N–H and O–H groups in total. The van der Waals surface area contributed by atoms with E-state index in [0.29, 0.717) is 6.42 Å². The van der Waals surface area contributed by atoms with Gasteiger partial charge in [0.05, 0.1) is 6.04 Å². The lowest BCUT2D eigenvalue weighted by Crippen LogP contribution is -2.37. The molecule has 1 aliphatic rings. The van der Waals surface area contributed by atoms with Crippen molar-refractivity contribution in [3.05, 3.63) is 24.0 Å². The topological polar surface area (TPSA) is 62.1 Å². The average Bonchev–Trinajstić information content (AvgIpc) is 2.71. The van der Waals surface area contributed by atoms with Crippen molar-refractivity contribution >= 4 is 5.91 Å². The third kappa shape index (κ3) is 1.65. The number of aromatic amines is 1. The van der Waals surface area contributed by atoms with Gasteiger partial charge < -0.3 is 15.6 Å². The van der Waals surface area contributed by atoms with Crippen molar-refractivity contribution in [1.82, 2.24) is 9.88 Å². The summed E-state index contributed by atoms with van der Waals surface area (Å²) in [5.74, 6) is 0.156. The highest BCUT2D eigenvalue weighted by Crippen LogP contribution is 2.33. The maximum Gasteiger partial charge on any atom is 0.225 e. The molecular formula is C11H17N3O. The average molecular weight is 207 g/mol. The summed E-state index contributed by atoms with van der Waals surface area (Å²) in [4.78, 5) is 16.7. The van der Waals surface area contributed by atoms with Crippen molar-refractivity contribution in [3.63, 3.8) is 0 Å². The summed E-state index contributed by atoms with van der Waals surface area (Å²) in [7, 11) is 0. The lowest BCUT2D eigenvalue weighted by atomic mass is 10.0. The lowest BCUT2D eigenvalue weighted by molar-refractivity contribution is -0.130. The normalized spacial score (nSPS) is 26.7. The molecule has 2 atom stereocenters. The van der Waals surface area contributed by atoms with E-state index in [1.54, 1.807) is 0 Å². The maximum atomic E-state index is 11.8. The van der Waals surface area contributed by atoms with Crippen LogP contribution in [0.4, 0.5) is 0 Å². The summed E-state index contributed by atoms with van der Waals surface area (Å²) in [6.45, 7) is 4.05. The molecule has 4 heteroatoms. The Morgan fingerprint density at radius 1 is 1.60 bits per heavy atom. The van der Waals surface area contributed by atoms with Gasteiger partial charge in [0, 0.05) is 30.9 Å². The Labute approximate surface area is 89.5 Å². The number of carbonyl (C=O) groups is 1. The van der Waals surface area contributed by atoms with E-state index in [1.807, 2.05) is 37.2 Å². The molecule has 1 saturated heterocycles. The minimum absolute atomic E-state index is 0.0312. The summed E-state index contributed by atoms with van der Waals surface area (Å²) in [6, 6.07) is 2.13. The van der Waals surface area contributed by atoms with Crippen LogP contribution in [-0.4, -0.2) is 27.9 Å².